The first-order valence-corrected chi connectivity index (χ1v) is 8.70. The molecule has 1 N–H and O–H groups in total. The minimum atomic E-state index is -0.111. The van der Waals surface area contributed by atoms with Crippen molar-refractivity contribution in [2.45, 2.75) is 24.3 Å². The van der Waals surface area contributed by atoms with Gasteiger partial charge < -0.3 is 10.1 Å². The Kier molecular flexibility index (Phi) is 4.65. The van der Waals surface area contributed by atoms with Gasteiger partial charge in [-0.25, -0.2) is 9.97 Å². The van der Waals surface area contributed by atoms with Crippen LogP contribution in [0.1, 0.15) is 25.3 Å². The van der Waals surface area contributed by atoms with E-state index in [0.29, 0.717) is 0 Å². The second kappa shape index (κ2) is 6.66. The lowest BCUT2D eigenvalue weighted by atomic mass is 10.3. The number of anilines is 1. The number of benzene rings is 1. The van der Waals surface area contributed by atoms with E-state index in [1.807, 2.05) is 18.2 Å². The molecule has 6 heteroatoms. The number of ether oxygens (including phenoxy) is 1. The van der Waals surface area contributed by atoms with Crippen LogP contribution in [0.15, 0.2) is 39.8 Å². The molecule has 1 atom stereocenters. The molecule has 0 spiro atoms. The number of fused-ring (bicyclic) bond motifs is 1. The van der Waals surface area contributed by atoms with Crippen molar-refractivity contribution in [3.63, 3.8) is 0 Å². The SMILES string of the molecule is CCCNc1nc(C2CSc3ccccc3O2)ncc1Br. The van der Waals surface area contributed by atoms with Crippen molar-refractivity contribution >= 4 is 33.5 Å². The molecule has 0 bridgehead atoms. The van der Waals surface area contributed by atoms with E-state index in [1.165, 1.54) is 4.90 Å². The fourth-order valence-corrected chi connectivity index (χ4v) is 3.36. The number of aromatic nitrogens is 2. The summed E-state index contributed by atoms with van der Waals surface area (Å²) in [7, 11) is 0. The lowest BCUT2D eigenvalue weighted by Gasteiger charge is -2.24. The van der Waals surface area contributed by atoms with Crippen molar-refractivity contribution in [3.8, 4) is 5.75 Å². The van der Waals surface area contributed by atoms with Gasteiger partial charge in [0.1, 0.15) is 11.6 Å². The monoisotopic (exact) mass is 365 g/mol. The molecule has 1 aliphatic heterocycles. The van der Waals surface area contributed by atoms with Gasteiger partial charge in [-0.05, 0) is 34.5 Å². The van der Waals surface area contributed by atoms with Crippen molar-refractivity contribution in [1.82, 2.24) is 9.97 Å². The number of nitrogens with one attached hydrogen (secondary N) is 1. The number of halogens is 1. The van der Waals surface area contributed by atoms with Gasteiger partial charge in [0.25, 0.3) is 0 Å². The van der Waals surface area contributed by atoms with Crippen LogP contribution < -0.4 is 10.1 Å². The third-order valence-corrected chi connectivity index (χ3v) is 4.80. The molecule has 1 aromatic carbocycles. The summed E-state index contributed by atoms with van der Waals surface area (Å²) in [5.74, 6) is 3.28. The van der Waals surface area contributed by atoms with Crippen LogP contribution in [-0.2, 0) is 0 Å². The molecule has 0 saturated carbocycles. The zero-order valence-electron chi connectivity index (χ0n) is 11.7. The Morgan fingerprint density at radius 2 is 2.29 bits per heavy atom. The molecule has 1 aliphatic rings. The first-order chi connectivity index (χ1) is 10.3. The fraction of sp³-hybridized carbons (Fsp3) is 0.333. The number of hydrogen-bond acceptors (Lipinski definition) is 5. The number of hydrogen-bond donors (Lipinski definition) is 1. The van der Waals surface area contributed by atoms with Crippen molar-refractivity contribution in [2.75, 3.05) is 17.6 Å². The highest BCUT2D eigenvalue weighted by Gasteiger charge is 2.24. The average molecular weight is 366 g/mol. The quantitative estimate of drug-likeness (QED) is 0.875. The first-order valence-electron chi connectivity index (χ1n) is 6.92. The zero-order valence-corrected chi connectivity index (χ0v) is 14.1. The summed E-state index contributed by atoms with van der Waals surface area (Å²) >= 11 is 5.26. The summed E-state index contributed by atoms with van der Waals surface area (Å²) in [5, 5.41) is 3.30. The summed E-state index contributed by atoms with van der Waals surface area (Å²) in [6.07, 6.45) is 2.73. The highest BCUT2D eigenvalue weighted by Crippen LogP contribution is 2.39. The molecular formula is C15H16BrN3OS. The van der Waals surface area contributed by atoms with Gasteiger partial charge in [0.05, 0.1) is 4.47 Å². The van der Waals surface area contributed by atoms with Gasteiger partial charge in [-0.15, -0.1) is 11.8 Å². The van der Waals surface area contributed by atoms with Gasteiger partial charge in [0, 0.05) is 23.4 Å². The third kappa shape index (κ3) is 3.32. The Labute approximate surface area is 136 Å². The normalized spacial score (nSPS) is 17.0. The maximum Gasteiger partial charge on any atom is 0.172 e. The van der Waals surface area contributed by atoms with Crippen LogP contribution in [0.3, 0.4) is 0 Å². The molecule has 0 amide bonds. The van der Waals surface area contributed by atoms with Gasteiger partial charge in [-0.1, -0.05) is 19.1 Å². The second-order valence-corrected chi connectivity index (χ2v) is 6.63. The van der Waals surface area contributed by atoms with Crippen molar-refractivity contribution in [1.29, 1.82) is 0 Å². The van der Waals surface area contributed by atoms with E-state index in [2.05, 4.69) is 44.2 Å². The summed E-state index contributed by atoms with van der Waals surface area (Å²) in [4.78, 5) is 10.2. The number of rotatable bonds is 4. The van der Waals surface area contributed by atoms with Crippen LogP contribution in [0.25, 0.3) is 0 Å². The Balaban J connectivity index is 1.81. The lowest BCUT2D eigenvalue weighted by Crippen LogP contribution is -2.18. The summed E-state index contributed by atoms with van der Waals surface area (Å²) in [5.41, 5.74) is 0. The number of nitrogens with zero attached hydrogens (tertiary/aromatic N) is 2. The van der Waals surface area contributed by atoms with E-state index < -0.39 is 0 Å². The van der Waals surface area contributed by atoms with E-state index in [-0.39, 0.29) is 6.10 Å². The first kappa shape index (κ1) is 14.7. The van der Waals surface area contributed by atoms with Crippen LogP contribution in [0.4, 0.5) is 5.82 Å². The van der Waals surface area contributed by atoms with Gasteiger partial charge in [-0.3, -0.25) is 0 Å². The summed E-state index contributed by atoms with van der Waals surface area (Å²) < 4.78 is 6.91. The molecule has 1 unspecified atom stereocenters. The summed E-state index contributed by atoms with van der Waals surface area (Å²) in [6, 6.07) is 8.08. The van der Waals surface area contributed by atoms with Crippen LogP contribution in [0.2, 0.25) is 0 Å². The largest absolute Gasteiger partial charge is 0.480 e. The molecule has 21 heavy (non-hydrogen) atoms. The number of para-hydroxylation sites is 1. The van der Waals surface area contributed by atoms with Gasteiger partial charge in [0.2, 0.25) is 0 Å². The smallest absolute Gasteiger partial charge is 0.172 e. The van der Waals surface area contributed by atoms with E-state index in [1.54, 1.807) is 18.0 Å². The van der Waals surface area contributed by atoms with Gasteiger partial charge in [-0.2, -0.15) is 0 Å². The summed E-state index contributed by atoms with van der Waals surface area (Å²) in [6.45, 7) is 3.01. The maximum atomic E-state index is 6.03. The van der Waals surface area contributed by atoms with Crippen molar-refractivity contribution in [3.05, 3.63) is 40.8 Å². The Hall–Kier alpha value is -1.27. The minimum absolute atomic E-state index is 0.111. The van der Waals surface area contributed by atoms with E-state index in [4.69, 9.17) is 4.74 Å². The van der Waals surface area contributed by atoms with Crippen LogP contribution in [0, 0.1) is 0 Å². The van der Waals surface area contributed by atoms with E-state index >= 15 is 0 Å². The second-order valence-electron chi connectivity index (χ2n) is 4.72. The molecule has 2 heterocycles. The highest BCUT2D eigenvalue weighted by molar-refractivity contribution is 9.10. The van der Waals surface area contributed by atoms with E-state index in [0.717, 1.165) is 40.6 Å². The third-order valence-electron chi connectivity index (χ3n) is 3.10. The van der Waals surface area contributed by atoms with Gasteiger partial charge >= 0.3 is 0 Å². The molecular weight excluding hydrogens is 350 g/mol. The molecule has 0 saturated heterocycles. The Bertz CT molecular complexity index is 638. The molecule has 0 radical (unpaired) electrons. The zero-order chi connectivity index (χ0) is 14.7. The lowest BCUT2D eigenvalue weighted by molar-refractivity contribution is 0.210. The average Bonchev–Trinajstić information content (AvgIpc) is 2.53. The number of thioether (sulfide) groups is 1. The maximum absolute atomic E-state index is 6.03. The predicted octanol–water partition coefficient (Wildman–Crippen LogP) is 4.29. The minimum Gasteiger partial charge on any atom is -0.480 e. The molecule has 3 rings (SSSR count). The van der Waals surface area contributed by atoms with Crippen LogP contribution in [-0.4, -0.2) is 22.3 Å². The fourth-order valence-electron chi connectivity index (χ4n) is 2.05. The van der Waals surface area contributed by atoms with Crippen LogP contribution >= 0.6 is 27.7 Å². The van der Waals surface area contributed by atoms with Gasteiger partial charge in [0.15, 0.2) is 11.9 Å². The van der Waals surface area contributed by atoms with E-state index in [9.17, 15) is 0 Å². The van der Waals surface area contributed by atoms with Crippen molar-refractivity contribution in [2.24, 2.45) is 0 Å². The molecule has 0 aliphatic carbocycles. The topological polar surface area (TPSA) is 47.0 Å². The standard InChI is InChI=1S/C15H16BrN3OS/c1-2-7-17-14-10(16)8-18-15(19-14)12-9-21-13-6-4-3-5-11(13)20-12/h3-6,8,12H,2,7,9H2,1H3,(H,17,18,19). The van der Waals surface area contributed by atoms with Crippen molar-refractivity contribution < 1.29 is 4.74 Å². The molecule has 110 valence electrons. The molecule has 1 aromatic heterocycles. The van der Waals surface area contributed by atoms with Crippen LogP contribution in [0.5, 0.6) is 5.75 Å². The molecule has 4 nitrogen and oxygen atoms in total. The predicted molar refractivity (Wildman–Crippen MR) is 89.0 cm³/mol. The molecule has 2 aromatic rings. The molecule has 0 fully saturated rings. The Morgan fingerprint density at radius 3 is 3.14 bits per heavy atom. The highest BCUT2D eigenvalue weighted by atomic mass is 79.9. The Morgan fingerprint density at radius 1 is 1.43 bits per heavy atom.